The van der Waals surface area contributed by atoms with Crippen LogP contribution in [0.15, 0.2) is 0 Å². The summed E-state index contributed by atoms with van der Waals surface area (Å²) in [5.74, 6) is -2.88. The number of carboxylic acids is 1. The van der Waals surface area contributed by atoms with Gasteiger partial charge in [-0.15, -0.1) is 0 Å². The topological polar surface area (TPSA) is 104 Å². The summed E-state index contributed by atoms with van der Waals surface area (Å²) >= 11 is 0. The minimum Gasteiger partial charge on any atom is -0.480 e. The molecule has 1 heterocycles. The maximum absolute atomic E-state index is 12.4. The first-order valence-electron chi connectivity index (χ1n) is 6.30. The Morgan fingerprint density at radius 3 is 2.47 bits per heavy atom. The van der Waals surface area contributed by atoms with E-state index in [9.17, 15) is 24.3 Å². The predicted molar refractivity (Wildman–Crippen MR) is 62.9 cm³/mol. The summed E-state index contributed by atoms with van der Waals surface area (Å²) in [6.07, 6.45) is 1.55. The molecule has 1 atom stereocenters. The van der Waals surface area contributed by atoms with Crippen molar-refractivity contribution in [1.29, 1.82) is 0 Å². The number of carbonyl (C=O) groups excluding carboxylic acids is 3. The number of aliphatic carboxylic acids is 1. The first-order chi connectivity index (χ1) is 8.92. The third-order valence-corrected chi connectivity index (χ3v) is 3.93. The molecule has 2 rings (SSSR count). The lowest BCUT2D eigenvalue weighted by molar-refractivity contribution is -0.172. The van der Waals surface area contributed by atoms with E-state index in [1.165, 1.54) is 0 Å². The van der Waals surface area contributed by atoms with Gasteiger partial charge in [0, 0.05) is 0 Å². The van der Waals surface area contributed by atoms with Crippen LogP contribution in [0.25, 0.3) is 0 Å². The van der Waals surface area contributed by atoms with Gasteiger partial charge in [0.1, 0.15) is 18.0 Å². The van der Waals surface area contributed by atoms with Gasteiger partial charge >= 0.3 is 5.97 Å². The Kier molecular flexibility index (Phi) is 3.30. The van der Waals surface area contributed by atoms with Crippen LogP contribution >= 0.6 is 0 Å². The minimum absolute atomic E-state index is 0.252. The summed E-state index contributed by atoms with van der Waals surface area (Å²) in [6.45, 7) is 1.46. The van der Waals surface area contributed by atoms with E-state index in [1.54, 1.807) is 6.92 Å². The van der Waals surface area contributed by atoms with Crippen molar-refractivity contribution < 1.29 is 24.3 Å². The van der Waals surface area contributed by atoms with Gasteiger partial charge in [-0.25, -0.2) is 0 Å². The molecule has 1 aliphatic heterocycles. The Balaban J connectivity index is 2.27. The van der Waals surface area contributed by atoms with Crippen LogP contribution in [0.2, 0.25) is 0 Å². The quantitative estimate of drug-likeness (QED) is 0.530. The van der Waals surface area contributed by atoms with E-state index in [0.29, 0.717) is 12.8 Å². The van der Waals surface area contributed by atoms with Crippen LogP contribution in [0.5, 0.6) is 0 Å². The maximum atomic E-state index is 12.4. The average Bonchev–Trinajstić information content (AvgIpc) is 2.25. The van der Waals surface area contributed by atoms with Crippen LogP contribution in [0.1, 0.15) is 32.6 Å². The van der Waals surface area contributed by atoms with E-state index in [-0.39, 0.29) is 19.4 Å². The first kappa shape index (κ1) is 13.5. The molecule has 2 aliphatic rings. The number of imide groups is 1. The number of hydrogen-bond donors (Lipinski definition) is 2. The standard InChI is InChI=1S/C12H16N2O5/c1-2-7-9(16)13-8(15)6-14(7)10(17)12(11(18)19)4-3-5-12/h7H,2-6H2,1H3,(H,18,19)(H,13,15,16). The molecule has 3 amide bonds. The van der Waals surface area contributed by atoms with Crippen molar-refractivity contribution in [3.8, 4) is 0 Å². The monoisotopic (exact) mass is 268 g/mol. The van der Waals surface area contributed by atoms with Gasteiger partial charge in [0.05, 0.1) is 0 Å². The van der Waals surface area contributed by atoms with E-state index in [1.807, 2.05) is 0 Å². The van der Waals surface area contributed by atoms with Gasteiger partial charge in [-0.1, -0.05) is 13.3 Å². The molecule has 0 spiro atoms. The van der Waals surface area contributed by atoms with Crippen LogP contribution in [0, 0.1) is 5.41 Å². The van der Waals surface area contributed by atoms with Crippen molar-refractivity contribution in [2.75, 3.05) is 6.54 Å². The molecule has 1 saturated heterocycles. The summed E-state index contributed by atoms with van der Waals surface area (Å²) in [5, 5.41) is 11.4. The zero-order valence-corrected chi connectivity index (χ0v) is 10.6. The number of hydrogen-bond acceptors (Lipinski definition) is 4. The van der Waals surface area contributed by atoms with E-state index in [4.69, 9.17) is 0 Å². The second-order valence-corrected chi connectivity index (χ2v) is 5.01. The number of carbonyl (C=O) groups is 4. The van der Waals surface area contributed by atoms with Crippen LogP contribution in [0.3, 0.4) is 0 Å². The third kappa shape index (κ3) is 1.98. The second kappa shape index (κ2) is 4.64. The summed E-state index contributed by atoms with van der Waals surface area (Å²) < 4.78 is 0. The number of piperazine rings is 1. The number of carboxylic acid groups (broad SMARTS) is 1. The van der Waals surface area contributed by atoms with Gasteiger partial charge < -0.3 is 10.0 Å². The van der Waals surface area contributed by atoms with Crippen LogP contribution in [0.4, 0.5) is 0 Å². The molecule has 1 saturated carbocycles. The van der Waals surface area contributed by atoms with Gasteiger partial charge in [-0.3, -0.25) is 24.5 Å². The van der Waals surface area contributed by atoms with E-state index in [0.717, 1.165) is 4.90 Å². The normalized spacial score (nSPS) is 25.5. The largest absolute Gasteiger partial charge is 0.480 e. The van der Waals surface area contributed by atoms with Crippen molar-refractivity contribution in [2.45, 2.75) is 38.6 Å². The predicted octanol–water partition coefficient (Wildman–Crippen LogP) is -0.495. The fourth-order valence-electron chi connectivity index (χ4n) is 2.61. The number of nitrogens with one attached hydrogen (secondary N) is 1. The Labute approximate surface area is 109 Å². The maximum Gasteiger partial charge on any atom is 0.319 e. The molecular weight excluding hydrogens is 252 g/mol. The lowest BCUT2D eigenvalue weighted by atomic mass is 9.67. The Morgan fingerprint density at radius 1 is 1.42 bits per heavy atom. The van der Waals surface area contributed by atoms with Crippen LogP contribution in [-0.2, 0) is 19.2 Å². The Hall–Kier alpha value is -1.92. The zero-order valence-electron chi connectivity index (χ0n) is 10.6. The molecule has 2 fully saturated rings. The van der Waals surface area contributed by atoms with Crippen molar-refractivity contribution in [2.24, 2.45) is 5.41 Å². The van der Waals surface area contributed by atoms with Crippen molar-refractivity contribution in [1.82, 2.24) is 10.2 Å². The molecule has 104 valence electrons. The highest BCUT2D eigenvalue weighted by Gasteiger charge is 2.55. The first-order valence-corrected chi connectivity index (χ1v) is 6.30. The zero-order chi connectivity index (χ0) is 14.2. The van der Waals surface area contributed by atoms with E-state index >= 15 is 0 Å². The molecule has 1 unspecified atom stereocenters. The lowest BCUT2D eigenvalue weighted by Crippen LogP contribution is -2.64. The fourth-order valence-corrected chi connectivity index (χ4v) is 2.61. The van der Waals surface area contributed by atoms with Gasteiger partial charge in [0.2, 0.25) is 17.7 Å². The number of rotatable bonds is 3. The molecule has 0 radical (unpaired) electrons. The molecule has 0 aromatic carbocycles. The van der Waals surface area contributed by atoms with Crippen LogP contribution < -0.4 is 5.32 Å². The van der Waals surface area contributed by atoms with E-state index in [2.05, 4.69) is 5.32 Å². The van der Waals surface area contributed by atoms with Crippen molar-refractivity contribution in [3.05, 3.63) is 0 Å². The van der Waals surface area contributed by atoms with Gasteiger partial charge in [0.15, 0.2) is 0 Å². The van der Waals surface area contributed by atoms with Gasteiger partial charge in [-0.2, -0.15) is 0 Å². The number of amides is 3. The van der Waals surface area contributed by atoms with Gasteiger partial charge in [0.25, 0.3) is 0 Å². The highest BCUT2D eigenvalue weighted by atomic mass is 16.4. The molecule has 0 aromatic rings. The third-order valence-electron chi connectivity index (χ3n) is 3.93. The Bertz CT molecular complexity index is 455. The molecule has 19 heavy (non-hydrogen) atoms. The highest BCUT2D eigenvalue weighted by Crippen LogP contribution is 2.43. The summed E-state index contributed by atoms with van der Waals surface area (Å²) in [7, 11) is 0. The summed E-state index contributed by atoms with van der Waals surface area (Å²) in [6, 6.07) is -0.762. The SMILES string of the molecule is CCC1C(=O)NC(=O)CN1C(=O)C1(C(=O)O)CCC1. The molecular formula is C12H16N2O5. The minimum atomic E-state index is -1.44. The molecule has 1 aliphatic carbocycles. The number of nitrogens with zero attached hydrogens (tertiary/aromatic N) is 1. The molecule has 7 nitrogen and oxygen atoms in total. The van der Waals surface area contributed by atoms with Gasteiger partial charge in [-0.05, 0) is 19.3 Å². The smallest absolute Gasteiger partial charge is 0.319 e. The van der Waals surface area contributed by atoms with Crippen LogP contribution in [-0.4, -0.2) is 46.3 Å². The molecule has 7 heteroatoms. The molecule has 2 N–H and O–H groups in total. The Morgan fingerprint density at radius 2 is 2.05 bits per heavy atom. The summed E-state index contributed by atoms with van der Waals surface area (Å²) in [5.41, 5.74) is -1.44. The van der Waals surface area contributed by atoms with Crippen molar-refractivity contribution >= 4 is 23.7 Å². The molecule has 0 aromatic heterocycles. The molecule has 0 bridgehead atoms. The fraction of sp³-hybridized carbons (Fsp3) is 0.667. The second-order valence-electron chi connectivity index (χ2n) is 5.01. The average molecular weight is 268 g/mol. The van der Waals surface area contributed by atoms with Crippen molar-refractivity contribution in [3.63, 3.8) is 0 Å². The lowest BCUT2D eigenvalue weighted by Gasteiger charge is -2.43. The van der Waals surface area contributed by atoms with E-state index < -0.39 is 35.1 Å². The summed E-state index contributed by atoms with van der Waals surface area (Å²) in [4.78, 5) is 47.9. The highest BCUT2D eigenvalue weighted by molar-refractivity contribution is 6.09.